The van der Waals surface area contributed by atoms with Gasteiger partial charge in [0.2, 0.25) is 0 Å². The van der Waals surface area contributed by atoms with Crippen molar-refractivity contribution >= 4 is 11.0 Å². The molecule has 8 nitrogen and oxygen atoms in total. The molecule has 0 spiro atoms. The minimum Gasteiger partial charge on any atom is -0.457 e. The number of ether oxygens (including phenoxy) is 1. The van der Waals surface area contributed by atoms with E-state index in [4.69, 9.17) is 4.74 Å². The number of aromatic nitrogens is 4. The molecule has 5 rings (SSSR count). The van der Waals surface area contributed by atoms with Crippen LogP contribution in [0.25, 0.3) is 16.7 Å². The van der Waals surface area contributed by atoms with Crippen molar-refractivity contribution < 1.29 is 9.84 Å². The Hall–Kier alpha value is -3.49. The molecule has 8 heteroatoms. The van der Waals surface area contributed by atoms with Crippen LogP contribution in [-0.2, 0) is 6.54 Å². The first kappa shape index (κ1) is 19.5. The number of nitrogens with zero attached hydrogens (tertiary/aromatic N) is 4. The number of aliphatic hydroxyl groups is 1. The van der Waals surface area contributed by atoms with E-state index in [0.717, 1.165) is 24.5 Å². The number of hydrogen-bond donors (Lipinski definition) is 2. The summed E-state index contributed by atoms with van der Waals surface area (Å²) in [5, 5.41) is 18.8. The minimum absolute atomic E-state index is 0.202. The van der Waals surface area contributed by atoms with E-state index in [0.29, 0.717) is 29.6 Å². The molecule has 2 N–H and O–H groups in total. The first-order chi connectivity index (χ1) is 15.1. The molecule has 2 aromatic heterocycles. The lowest BCUT2D eigenvalue weighted by molar-refractivity contribution is -0.00628. The van der Waals surface area contributed by atoms with Crippen molar-refractivity contribution in [2.75, 3.05) is 13.1 Å². The zero-order chi connectivity index (χ0) is 21.3. The van der Waals surface area contributed by atoms with Crippen LogP contribution in [0.5, 0.6) is 11.5 Å². The molecule has 1 saturated heterocycles. The SMILES string of the molecule is O=c1c2cnn(-c3ccc(Oc4ccccc4)cc3)c2ncn1CC1(O)CCNCC1. The molecule has 1 aliphatic heterocycles. The van der Waals surface area contributed by atoms with Crippen molar-refractivity contribution in [3.8, 4) is 17.2 Å². The van der Waals surface area contributed by atoms with Crippen LogP contribution < -0.4 is 15.6 Å². The van der Waals surface area contributed by atoms with Gasteiger partial charge in [-0.25, -0.2) is 9.67 Å². The van der Waals surface area contributed by atoms with Gasteiger partial charge < -0.3 is 15.2 Å². The Labute approximate surface area is 178 Å². The average molecular weight is 417 g/mol. The number of rotatable bonds is 5. The van der Waals surface area contributed by atoms with Gasteiger partial charge >= 0.3 is 0 Å². The van der Waals surface area contributed by atoms with E-state index in [2.05, 4.69) is 15.4 Å². The minimum atomic E-state index is -0.894. The third kappa shape index (κ3) is 3.95. The fraction of sp³-hybridized carbons (Fsp3) is 0.261. The number of nitrogens with one attached hydrogen (secondary N) is 1. The van der Waals surface area contributed by atoms with Gasteiger partial charge in [-0.05, 0) is 62.3 Å². The summed E-state index contributed by atoms with van der Waals surface area (Å²) in [6, 6.07) is 17.0. The molecule has 0 amide bonds. The Bertz CT molecular complexity index is 1240. The summed E-state index contributed by atoms with van der Waals surface area (Å²) in [5.41, 5.74) is 0.161. The maximum absolute atomic E-state index is 13.0. The molecule has 158 valence electrons. The summed E-state index contributed by atoms with van der Waals surface area (Å²) in [4.78, 5) is 17.4. The summed E-state index contributed by atoms with van der Waals surface area (Å²) in [5.74, 6) is 1.47. The van der Waals surface area contributed by atoms with Crippen LogP contribution in [0.15, 0.2) is 71.9 Å². The number of para-hydroxylation sites is 1. The quantitative estimate of drug-likeness (QED) is 0.518. The molecule has 0 radical (unpaired) electrons. The highest BCUT2D eigenvalue weighted by atomic mass is 16.5. The number of benzene rings is 2. The zero-order valence-corrected chi connectivity index (χ0v) is 16.9. The first-order valence-electron chi connectivity index (χ1n) is 10.3. The fourth-order valence-electron chi connectivity index (χ4n) is 3.90. The second-order valence-corrected chi connectivity index (χ2v) is 7.85. The molecular formula is C23H23N5O3. The maximum Gasteiger partial charge on any atom is 0.264 e. The summed E-state index contributed by atoms with van der Waals surface area (Å²) in [6.07, 6.45) is 4.24. The molecular weight excluding hydrogens is 394 g/mol. The van der Waals surface area contributed by atoms with Gasteiger partial charge in [0.25, 0.3) is 5.56 Å². The predicted octanol–water partition coefficient (Wildman–Crippen LogP) is 2.49. The Morgan fingerprint density at radius 3 is 2.48 bits per heavy atom. The van der Waals surface area contributed by atoms with E-state index >= 15 is 0 Å². The molecule has 0 bridgehead atoms. The van der Waals surface area contributed by atoms with E-state index in [9.17, 15) is 9.90 Å². The van der Waals surface area contributed by atoms with E-state index in [1.165, 1.54) is 17.1 Å². The lowest BCUT2D eigenvalue weighted by Gasteiger charge is -2.32. The molecule has 1 fully saturated rings. The second kappa shape index (κ2) is 7.98. The van der Waals surface area contributed by atoms with Crippen LogP contribution in [-0.4, -0.2) is 43.1 Å². The highest BCUT2D eigenvalue weighted by Crippen LogP contribution is 2.23. The highest BCUT2D eigenvalue weighted by molar-refractivity contribution is 5.75. The van der Waals surface area contributed by atoms with Crippen molar-refractivity contribution in [3.05, 3.63) is 77.5 Å². The lowest BCUT2D eigenvalue weighted by Crippen LogP contribution is -2.46. The Morgan fingerprint density at radius 2 is 1.74 bits per heavy atom. The normalized spacial score (nSPS) is 15.8. The van der Waals surface area contributed by atoms with Crippen LogP contribution in [0.2, 0.25) is 0 Å². The van der Waals surface area contributed by atoms with Crippen molar-refractivity contribution in [1.82, 2.24) is 24.6 Å². The average Bonchev–Trinajstić information content (AvgIpc) is 3.22. The van der Waals surface area contributed by atoms with Crippen LogP contribution in [0, 0.1) is 0 Å². The van der Waals surface area contributed by atoms with E-state index in [1.807, 2.05) is 54.6 Å². The molecule has 2 aromatic carbocycles. The van der Waals surface area contributed by atoms with Gasteiger partial charge in [-0.15, -0.1) is 0 Å². The van der Waals surface area contributed by atoms with Gasteiger partial charge in [0.05, 0.1) is 24.0 Å². The van der Waals surface area contributed by atoms with Crippen molar-refractivity contribution in [2.45, 2.75) is 25.0 Å². The van der Waals surface area contributed by atoms with Crippen molar-refractivity contribution in [3.63, 3.8) is 0 Å². The topological polar surface area (TPSA) is 94.2 Å². The highest BCUT2D eigenvalue weighted by Gasteiger charge is 2.30. The van der Waals surface area contributed by atoms with E-state index < -0.39 is 5.60 Å². The van der Waals surface area contributed by atoms with Crippen LogP contribution in [0.1, 0.15) is 12.8 Å². The summed E-state index contributed by atoms with van der Waals surface area (Å²) in [7, 11) is 0. The number of hydrogen-bond acceptors (Lipinski definition) is 6. The molecule has 4 aromatic rings. The van der Waals surface area contributed by atoms with E-state index in [1.54, 1.807) is 4.68 Å². The molecule has 0 atom stereocenters. The Balaban J connectivity index is 1.41. The molecule has 0 unspecified atom stereocenters. The molecule has 31 heavy (non-hydrogen) atoms. The third-order valence-corrected chi connectivity index (χ3v) is 5.61. The van der Waals surface area contributed by atoms with Crippen molar-refractivity contribution in [2.24, 2.45) is 0 Å². The fourth-order valence-corrected chi connectivity index (χ4v) is 3.90. The molecule has 0 aliphatic carbocycles. The number of fused-ring (bicyclic) bond motifs is 1. The number of piperidine rings is 1. The summed E-state index contributed by atoms with van der Waals surface area (Å²) < 4.78 is 8.94. The summed E-state index contributed by atoms with van der Waals surface area (Å²) >= 11 is 0. The molecule has 0 saturated carbocycles. The van der Waals surface area contributed by atoms with Crippen LogP contribution in [0.4, 0.5) is 0 Å². The lowest BCUT2D eigenvalue weighted by atomic mass is 9.92. The standard InChI is InChI=1S/C23H23N5O3/c29-22-20-14-26-28(17-6-8-19(9-7-17)31-18-4-2-1-3-5-18)21(20)25-16-27(22)15-23(30)10-12-24-13-11-23/h1-9,14,16,24,30H,10-13,15H2. The van der Waals surface area contributed by atoms with Crippen LogP contribution >= 0.6 is 0 Å². The van der Waals surface area contributed by atoms with Gasteiger partial charge in [-0.2, -0.15) is 5.10 Å². The zero-order valence-electron chi connectivity index (χ0n) is 16.9. The molecule has 1 aliphatic rings. The van der Waals surface area contributed by atoms with Gasteiger partial charge in [0.1, 0.15) is 23.2 Å². The van der Waals surface area contributed by atoms with Gasteiger partial charge in [0, 0.05) is 0 Å². The third-order valence-electron chi connectivity index (χ3n) is 5.61. The monoisotopic (exact) mass is 417 g/mol. The Kier molecular flexibility index (Phi) is 5.01. The van der Waals surface area contributed by atoms with Gasteiger partial charge in [-0.3, -0.25) is 9.36 Å². The first-order valence-corrected chi connectivity index (χ1v) is 10.3. The smallest absolute Gasteiger partial charge is 0.264 e. The van der Waals surface area contributed by atoms with Gasteiger partial charge in [-0.1, -0.05) is 18.2 Å². The largest absolute Gasteiger partial charge is 0.457 e. The summed E-state index contributed by atoms with van der Waals surface area (Å²) in [6.45, 7) is 1.71. The molecule has 3 heterocycles. The second-order valence-electron chi connectivity index (χ2n) is 7.85. The Morgan fingerprint density at radius 1 is 1.03 bits per heavy atom. The van der Waals surface area contributed by atoms with Crippen LogP contribution in [0.3, 0.4) is 0 Å². The van der Waals surface area contributed by atoms with Crippen molar-refractivity contribution in [1.29, 1.82) is 0 Å². The van der Waals surface area contributed by atoms with Gasteiger partial charge in [0.15, 0.2) is 5.65 Å². The maximum atomic E-state index is 13.0. The van der Waals surface area contributed by atoms with E-state index in [-0.39, 0.29) is 12.1 Å². The predicted molar refractivity (Wildman–Crippen MR) is 117 cm³/mol.